The molecule has 23 heavy (non-hydrogen) atoms. The summed E-state index contributed by atoms with van der Waals surface area (Å²) in [6.45, 7) is 1.46. The molecule has 2 unspecified atom stereocenters. The molecular formula is C17H20ClNO3S. The monoisotopic (exact) mass is 353 g/mol. The zero-order chi connectivity index (χ0) is 16.4. The van der Waals surface area contributed by atoms with Gasteiger partial charge in [-0.2, -0.15) is 0 Å². The molecule has 1 N–H and O–H groups in total. The predicted molar refractivity (Wildman–Crippen MR) is 90.8 cm³/mol. The molecule has 1 aliphatic heterocycles. The van der Waals surface area contributed by atoms with E-state index in [1.54, 1.807) is 0 Å². The molecular weight excluding hydrogens is 334 g/mol. The number of aliphatic carboxylic acids is 1. The van der Waals surface area contributed by atoms with E-state index in [4.69, 9.17) is 16.7 Å². The summed E-state index contributed by atoms with van der Waals surface area (Å²) < 4.78 is 0. The van der Waals surface area contributed by atoms with Crippen LogP contribution in [0.2, 0.25) is 5.02 Å². The smallest absolute Gasteiger partial charge is 0.307 e. The molecule has 0 spiro atoms. The first-order valence-corrected chi connectivity index (χ1v) is 9.24. The molecule has 0 aromatic heterocycles. The second kappa shape index (κ2) is 7.14. The van der Waals surface area contributed by atoms with Crippen LogP contribution in [-0.2, 0) is 9.59 Å². The van der Waals surface area contributed by atoms with Gasteiger partial charge < -0.3 is 10.0 Å². The maximum atomic E-state index is 12.4. The predicted octanol–water partition coefficient (Wildman–Crippen LogP) is 3.53. The minimum Gasteiger partial charge on any atom is -0.481 e. The Morgan fingerprint density at radius 1 is 1.04 bits per heavy atom. The van der Waals surface area contributed by atoms with E-state index in [1.165, 1.54) is 4.90 Å². The summed E-state index contributed by atoms with van der Waals surface area (Å²) in [5.41, 5.74) is 0. The van der Waals surface area contributed by atoms with Crippen LogP contribution in [-0.4, -0.2) is 40.2 Å². The molecule has 1 aromatic rings. The van der Waals surface area contributed by atoms with Gasteiger partial charge in [-0.25, -0.2) is 0 Å². The highest BCUT2D eigenvalue weighted by molar-refractivity contribution is 8.00. The highest BCUT2D eigenvalue weighted by Gasteiger charge is 2.43. The van der Waals surface area contributed by atoms with Crippen LogP contribution >= 0.6 is 23.4 Å². The molecule has 1 saturated carbocycles. The van der Waals surface area contributed by atoms with Gasteiger partial charge in [0.25, 0.3) is 0 Å². The maximum absolute atomic E-state index is 12.4. The summed E-state index contributed by atoms with van der Waals surface area (Å²) in [5, 5.41) is 10.3. The van der Waals surface area contributed by atoms with Crippen LogP contribution < -0.4 is 0 Å². The van der Waals surface area contributed by atoms with Crippen LogP contribution in [0.3, 0.4) is 0 Å². The molecule has 6 heteroatoms. The van der Waals surface area contributed by atoms with Crippen molar-refractivity contribution < 1.29 is 14.7 Å². The van der Waals surface area contributed by atoms with E-state index in [9.17, 15) is 9.59 Å². The molecule has 4 nitrogen and oxygen atoms in total. The number of piperidine rings is 1. The average molecular weight is 354 g/mol. The molecule has 1 saturated heterocycles. The quantitative estimate of drug-likeness (QED) is 0.899. The first-order chi connectivity index (χ1) is 11.0. The number of likely N-dealkylation sites (tertiary alicyclic amines) is 1. The summed E-state index contributed by atoms with van der Waals surface area (Å²) in [5.74, 6) is -1.56. The largest absolute Gasteiger partial charge is 0.481 e. The van der Waals surface area contributed by atoms with Crippen molar-refractivity contribution in [1.82, 2.24) is 4.90 Å². The molecule has 1 heterocycles. The van der Waals surface area contributed by atoms with E-state index in [0.29, 0.717) is 11.7 Å². The van der Waals surface area contributed by atoms with Crippen molar-refractivity contribution in [2.24, 2.45) is 11.8 Å². The number of halogens is 1. The van der Waals surface area contributed by atoms with Crippen LogP contribution in [0.1, 0.15) is 25.7 Å². The first kappa shape index (κ1) is 16.7. The lowest BCUT2D eigenvalue weighted by molar-refractivity contribution is -0.157. The number of amides is 1. The highest BCUT2D eigenvalue weighted by atomic mass is 35.5. The molecule has 2 aliphatic rings. The van der Waals surface area contributed by atoms with Gasteiger partial charge >= 0.3 is 5.97 Å². The van der Waals surface area contributed by atoms with Crippen molar-refractivity contribution in [2.75, 3.05) is 13.1 Å². The van der Waals surface area contributed by atoms with Crippen LogP contribution in [0.4, 0.5) is 0 Å². The van der Waals surface area contributed by atoms with Gasteiger partial charge in [0.1, 0.15) is 0 Å². The van der Waals surface area contributed by atoms with Gasteiger partial charge in [-0.05, 0) is 49.9 Å². The minimum atomic E-state index is -0.831. The summed E-state index contributed by atoms with van der Waals surface area (Å²) in [6.07, 6.45) is 3.25. The third kappa shape index (κ3) is 3.83. The molecule has 0 bridgehead atoms. The number of thioether (sulfide) groups is 1. The lowest BCUT2D eigenvalue weighted by Crippen LogP contribution is -2.48. The van der Waals surface area contributed by atoms with E-state index in [-0.39, 0.29) is 11.8 Å². The first-order valence-electron chi connectivity index (χ1n) is 7.98. The standard InChI is InChI=1S/C17H20ClNO3S/c18-11-1-3-12(4-2-11)23-13-7-9-19(10-8-13)16(20)14-5-6-15(14)17(21)22/h1-4,13-15H,5-10H2,(H,21,22). The van der Waals surface area contributed by atoms with Gasteiger partial charge in [-0.15, -0.1) is 11.8 Å². The fraction of sp³-hybridized carbons (Fsp3) is 0.529. The normalized spacial score (nSPS) is 25.0. The zero-order valence-electron chi connectivity index (χ0n) is 12.8. The van der Waals surface area contributed by atoms with Crippen molar-refractivity contribution in [2.45, 2.75) is 35.8 Å². The van der Waals surface area contributed by atoms with Crippen LogP contribution in [0, 0.1) is 11.8 Å². The molecule has 1 aromatic carbocycles. The van der Waals surface area contributed by atoms with E-state index in [0.717, 1.165) is 37.4 Å². The molecule has 2 fully saturated rings. The maximum Gasteiger partial charge on any atom is 0.307 e. The molecule has 1 amide bonds. The Morgan fingerprint density at radius 2 is 1.65 bits per heavy atom. The number of carbonyl (C=O) groups is 2. The van der Waals surface area contributed by atoms with Crippen LogP contribution in [0.5, 0.6) is 0 Å². The van der Waals surface area contributed by atoms with Crippen molar-refractivity contribution in [3.63, 3.8) is 0 Å². The molecule has 124 valence electrons. The van der Waals surface area contributed by atoms with Gasteiger partial charge in [-0.1, -0.05) is 11.6 Å². The number of carboxylic acid groups (broad SMARTS) is 1. The number of rotatable bonds is 4. The Labute approximate surface area is 145 Å². The number of benzene rings is 1. The molecule has 3 rings (SSSR count). The van der Waals surface area contributed by atoms with Crippen molar-refractivity contribution in [3.8, 4) is 0 Å². The Hall–Kier alpha value is -1.20. The Bertz CT molecular complexity index is 584. The van der Waals surface area contributed by atoms with Gasteiger partial charge in [0.05, 0.1) is 11.8 Å². The summed E-state index contributed by atoms with van der Waals surface area (Å²) in [7, 11) is 0. The SMILES string of the molecule is O=C(O)C1CCC1C(=O)N1CCC(Sc2ccc(Cl)cc2)CC1. The topological polar surface area (TPSA) is 57.6 Å². The second-order valence-corrected chi connectivity index (χ2v) is 8.04. The van der Waals surface area contributed by atoms with E-state index < -0.39 is 11.9 Å². The molecule has 2 atom stereocenters. The van der Waals surface area contributed by atoms with E-state index in [1.807, 2.05) is 40.9 Å². The number of carboxylic acids is 1. The van der Waals surface area contributed by atoms with Gasteiger partial charge in [0, 0.05) is 28.3 Å². The Balaban J connectivity index is 1.49. The van der Waals surface area contributed by atoms with Crippen LogP contribution in [0.25, 0.3) is 0 Å². The zero-order valence-corrected chi connectivity index (χ0v) is 14.4. The van der Waals surface area contributed by atoms with E-state index >= 15 is 0 Å². The number of hydrogen-bond acceptors (Lipinski definition) is 3. The number of carbonyl (C=O) groups excluding carboxylic acids is 1. The third-order valence-electron chi connectivity index (χ3n) is 4.78. The minimum absolute atomic E-state index is 0.0404. The summed E-state index contributed by atoms with van der Waals surface area (Å²) in [4.78, 5) is 26.6. The summed E-state index contributed by atoms with van der Waals surface area (Å²) >= 11 is 7.73. The third-order valence-corrected chi connectivity index (χ3v) is 6.38. The Kier molecular flexibility index (Phi) is 5.17. The summed E-state index contributed by atoms with van der Waals surface area (Å²) in [6, 6.07) is 7.84. The van der Waals surface area contributed by atoms with Crippen molar-refractivity contribution in [1.29, 1.82) is 0 Å². The fourth-order valence-electron chi connectivity index (χ4n) is 3.23. The van der Waals surface area contributed by atoms with Gasteiger partial charge in [-0.3, -0.25) is 9.59 Å². The fourth-order valence-corrected chi connectivity index (χ4v) is 4.48. The number of nitrogens with zero attached hydrogens (tertiary/aromatic N) is 1. The van der Waals surface area contributed by atoms with Crippen molar-refractivity contribution >= 4 is 35.2 Å². The van der Waals surface area contributed by atoms with Gasteiger partial charge in [0.15, 0.2) is 0 Å². The van der Waals surface area contributed by atoms with E-state index in [2.05, 4.69) is 0 Å². The van der Waals surface area contributed by atoms with Crippen molar-refractivity contribution in [3.05, 3.63) is 29.3 Å². The van der Waals surface area contributed by atoms with Gasteiger partial charge in [0.2, 0.25) is 5.91 Å². The second-order valence-electron chi connectivity index (χ2n) is 6.22. The molecule has 0 radical (unpaired) electrons. The Morgan fingerprint density at radius 3 is 2.17 bits per heavy atom. The van der Waals surface area contributed by atoms with Crippen LogP contribution in [0.15, 0.2) is 29.2 Å². The molecule has 1 aliphatic carbocycles. The number of hydrogen-bond donors (Lipinski definition) is 1. The lowest BCUT2D eigenvalue weighted by Gasteiger charge is -2.39. The highest BCUT2D eigenvalue weighted by Crippen LogP contribution is 2.37. The lowest BCUT2D eigenvalue weighted by atomic mass is 9.72. The average Bonchev–Trinajstić information content (AvgIpc) is 2.48.